The normalized spacial score (nSPS) is 18.7. The zero-order valence-electron chi connectivity index (χ0n) is 14.4. The number of rotatable bonds is 2. The Morgan fingerprint density at radius 3 is 2.09 bits per heavy atom. The van der Waals surface area contributed by atoms with E-state index in [1.807, 2.05) is 23.6 Å². The number of hydrogen-bond acceptors (Lipinski definition) is 2. The molecule has 2 aliphatic rings. The summed E-state index contributed by atoms with van der Waals surface area (Å²) in [6.07, 6.45) is 2.95. The molecule has 124 valence electrons. The first kappa shape index (κ1) is 16.0. The van der Waals surface area contributed by atoms with Crippen molar-refractivity contribution in [2.45, 2.75) is 40.0 Å². The minimum atomic E-state index is 0.112. The maximum atomic E-state index is 13.0. The van der Waals surface area contributed by atoms with Crippen LogP contribution in [0.4, 0.5) is 0 Å². The Labute approximate surface area is 138 Å². The molecular weight excluding hydrogens is 288 g/mol. The lowest BCUT2D eigenvalue weighted by Crippen LogP contribution is -2.38. The van der Waals surface area contributed by atoms with Crippen molar-refractivity contribution in [2.24, 2.45) is 5.92 Å². The van der Waals surface area contributed by atoms with E-state index in [0.29, 0.717) is 19.0 Å². The van der Waals surface area contributed by atoms with Gasteiger partial charge in [0.1, 0.15) is 0 Å². The van der Waals surface area contributed by atoms with Gasteiger partial charge in [-0.15, -0.1) is 0 Å². The Hall–Kier alpha value is -1.84. The fourth-order valence-electron chi connectivity index (χ4n) is 3.60. The third-order valence-corrected chi connectivity index (χ3v) is 4.91. The molecule has 1 heterocycles. The molecule has 1 aromatic rings. The van der Waals surface area contributed by atoms with Crippen molar-refractivity contribution in [1.29, 1.82) is 0 Å². The third kappa shape index (κ3) is 3.41. The molecule has 0 unspecified atom stereocenters. The number of carbonyl (C=O) groups excluding carboxylic acids is 2. The average molecular weight is 314 g/mol. The average Bonchev–Trinajstić information content (AvgIpc) is 3.32. The van der Waals surface area contributed by atoms with E-state index in [-0.39, 0.29) is 11.8 Å². The topological polar surface area (TPSA) is 40.6 Å². The van der Waals surface area contributed by atoms with Gasteiger partial charge in [-0.1, -0.05) is 17.7 Å². The van der Waals surface area contributed by atoms with Crippen molar-refractivity contribution < 1.29 is 9.59 Å². The fraction of sp³-hybridized carbons (Fsp3) is 0.579. The lowest BCUT2D eigenvalue weighted by atomic mass is 9.98. The molecular formula is C19H26N2O2. The summed E-state index contributed by atoms with van der Waals surface area (Å²) in [5.41, 5.74) is 4.11. The molecule has 1 aliphatic carbocycles. The summed E-state index contributed by atoms with van der Waals surface area (Å²) in [6, 6.07) is 4.14. The minimum Gasteiger partial charge on any atom is -0.341 e. The van der Waals surface area contributed by atoms with Gasteiger partial charge in [0.15, 0.2) is 0 Å². The zero-order chi connectivity index (χ0) is 16.6. The summed E-state index contributed by atoms with van der Waals surface area (Å²) in [5.74, 6) is 0.668. The monoisotopic (exact) mass is 314 g/mol. The first-order valence-electron chi connectivity index (χ1n) is 8.63. The maximum Gasteiger partial charge on any atom is 0.254 e. The highest BCUT2D eigenvalue weighted by Crippen LogP contribution is 2.31. The Morgan fingerprint density at radius 1 is 0.913 bits per heavy atom. The number of hydrogen-bond donors (Lipinski definition) is 0. The molecule has 0 bridgehead atoms. The van der Waals surface area contributed by atoms with E-state index >= 15 is 0 Å². The minimum absolute atomic E-state index is 0.112. The first-order valence-corrected chi connectivity index (χ1v) is 8.63. The standard InChI is InChI=1S/C19H26N2O2/c1-13-11-14(2)17(15(3)12-13)19(23)21-8-4-7-20(9-10-21)18(22)16-5-6-16/h11-12,16H,4-10H2,1-3H3. The second kappa shape index (κ2) is 6.34. The predicted octanol–water partition coefficient (Wildman–Crippen LogP) is 2.70. The van der Waals surface area contributed by atoms with Crippen LogP contribution in [0.5, 0.6) is 0 Å². The Bertz CT molecular complexity index is 611. The van der Waals surface area contributed by atoms with Crippen molar-refractivity contribution >= 4 is 11.8 Å². The van der Waals surface area contributed by atoms with Gasteiger partial charge in [-0.2, -0.15) is 0 Å². The van der Waals surface area contributed by atoms with Gasteiger partial charge in [-0.3, -0.25) is 9.59 Å². The van der Waals surface area contributed by atoms with E-state index in [1.54, 1.807) is 0 Å². The van der Waals surface area contributed by atoms with E-state index < -0.39 is 0 Å². The summed E-state index contributed by atoms with van der Waals surface area (Å²) in [7, 11) is 0. The van der Waals surface area contributed by atoms with Crippen LogP contribution in [0, 0.1) is 26.7 Å². The van der Waals surface area contributed by atoms with E-state index in [0.717, 1.165) is 49.0 Å². The van der Waals surface area contributed by atoms with Crippen molar-refractivity contribution in [3.05, 3.63) is 34.4 Å². The van der Waals surface area contributed by atoms with Gasteiger partial charge in [0.25, 0.3) is 5.91 Å². The molecule has 2 fully saturated rings. The van der Waals surface area contributed by atoms with Crippen LogP contribution in [0.1, 0.15) is 46.3 Å². The van der Waals surface area contributed by atoms with Crippen LogP contribution in [0.15, 0.2) is 12.1 Å². The molecule has 3 rings (SSSR count). The fourth-order valence-corrected chi connectivity index (χ4v) is 3.60. The molecule has 2 amide bonds. The van der Waals surface area contributed by atoms with Crippen LogP contribution in [0.2, 0.25) is 0 Å². The highest BCUT2D eigenvalue weighted by Gasteiger charge is 2.34. The van der Waals surface area contributed by atoms with Gasteiger partial charge in [0.2, 0.25) is 5.91 Å². The summed E-state index contributed by atoms with van der Waals surface area (Å²) in [5, 5.41) is 0. The third-order valence-electron chi connectivity index (χ3n) is 4.91. The summed E-state index contributed by atoms with van der Waals surface area (Å²) >= 11 is 0. The van der Waals surface area contributed by atoms with Crippen LogP contribution in [0.3, 0.4) is 0 Å². The first-order chi connectivity index (χ1) is 11.0. The lowest BCUT2D eigenvalue weighted by Gasteiger charge is -2.24. The quantitative estimate of drug-likeness (QED) is 0.842. The molecule has 0 atom stereocenters. The summed E-state index contributed by atoms with van der Waals surface area (Å²) < 4.78 is 0. The van der Waals surface area contributed by atoms with Crippen molar-refractivity contribution in [3.8, 4) is 0 Å². The van der Waals surface area contributed by atoms with E-state index in [9.17, 15) is 9.59 Å². The van der Waals surface area contributed by atoms with E-state index in [1.165, 1.54) is 5.56 Å². The smallest absolute Gasteiger partial charge is 0.254 e. The van der Waals surface area contributed by atoms with Gasteiger partial charge in [-0.25, -0.2) is 0 Å². The predicted molar refractivity (Wildman–Crippen MR) is 90.5 cm³/mol. The van der Waals surface area contributed by atoms with Crippen molar-refractivity contribution in [2.75, 3.05) is 26.2 Å². The number of benzene rings is 1. The molecule has 4 heteroatoms. The van der Waals surface area contributed by atoms with Crippen LogP contribution < -0.4 is 0 Å². The van der Waals surface area contributed by atoms with Crippen LogP contribution in [-0.2, 0) is 4.79 Å². The van der Waals surface area contributed by atoms with E-state index in [2.05, 4.69) is 19.1 Å². The number of carbonyl (C=O) groups is 2. The molecule has 0 aromatic heterocycles. The largest absolute Gasteiger partial charge is 0.341 e. The van der Waals surface area contributed by atoms with Gasteiger partial charge in [-0.05, 0) is 51.2 Å². The molecule has 0 spiro atoms. The molecule has 23 heavy (non-hydrogen) atoms. The highest BCUT2D eigenvalue weighted by atomic mass is 16.2. The molecule has 1 saturated heterocycles. The molecule has 1 aliphatic heterocycles. The molecule has 0 radical (unpaired) electrons. The van der Waals surface area contributed by atoms with Crippen LogP contribution >= 0.6 is 0 Å². The Kier molecular flexibility index (Phi) is 4.42. The Balaban J connectivity index is 1.72. The van der Waals surface area contributed by atoms with Crippen molar-refractivity contribution in [3.63, 3.8) is 0 Å². The van der Waals surface area contributed by atoms with Crippen LogP contribution in [-0.4, -0.2) is 47.8 Å². The SMILES string of the molecule is Cc1cc(C)c(C(=O)N2CCCN(C(=O)C3CC3)CC2)c(C)c1. The number of aryl methyl sites for hydroxylation is 3. The van der Waals surface area contributed by atoms with Gasteiger partial charge in [0, 0.05) is 37.7 Å². The maximum absolute atomic E-state index is 13.0. The van der Waals surface area contributed by atoms with Crippen LogP contribution in [0.25, 0.3) is 0 Å². The second-order valence-electron chi connectivity index (χ2n) is 7.02. The lowest BCUT2D eigenvalue weighted by molar-refractivity contribution is -0.132. The zero-order valence-corrected chi connectivity index (χ0v) is 14.4. The van der Waals surface area contributed by atoms with Gasteiger partial charge >= 0.3 is 0 Å². The number of nitrogens with zero attached hydrogens (tertiary/aromatic N) is 2. The molecule has 1 aromatic carbocycles. The Morgan fingerprint density at radius 2 is 1.48 bits per heavy atom. The number of amides is 2. The van der Waals surface area contributed by atoms with Crippen molar-refractivity contribution in [1.82, 2.24) is 9.80 Å². The summed E-state index contributed by atoms with van der Waals surface area (Å²) in [4.78, 5) is 29.1. The highest BCUT2D eigenvalue weighted by molar-refractivity contribution is 5.97. The van der Waals surface area contributed by atoms with E-state index in [4.69, 9.17) is 0 Å². The second-order valence-corrected chi connectivity index (χ2v) is 7.02. The summed E-state index contributed by atoms with van der Waals surface area (Å²) in [6.45, 7) is 8.91. The molecule has 4 nitrogen and oxygen atoms in total. The van der Waals surface area contributed by atoms with Gasteiger partial charge in [0.05, 0.1) is 0 Å². The molecule has 1 saturated carbocycles. The molecule has 0 N–H and O–H groups in total. The van der Waals surface area contributed by atoms with Gasteiger partial charge < -0.3 is 9.80 Å².